The van der Waals surface area contributed by atoms with Crippen LogP contribution < -0.4 is 10.6 Å². The van der Waals surface area contributed by atoms with Crippen LogP contribution in [0.4, 0.5) is 16.2 Å². The second-order valence-electron chi connectivity index (χ2n) is 7.46. The van der Waals surface area contributed by atoms with Gasteiger partial charge < -0.3 is 14.8 Å². The molecule has 2 aromatic rings. The number of amides is 2. The minimum Gasteiger partial charge on any atom is -0.454 e. The van der Waals surface area contributed by atoms with Crippen molar-refractivity contribution in [3.8, 4) is 0 Å². The Hall–Kier alpha value is -3.68. The number of rotatable bonds is 6. The minimum atomic E-state index is -0.665. The first-order valence-electron chi connectivity index (χ1n) is 9.21. The van der Waals surface area contributed by atoms with E-state index in [1.807, 2.05) is 0 Å². The van der Waals surface area contributed by atoms with Gasteiger partial charge in [-0.1, -0.05) is 0 Å². The summed E-state index contributed by atoms with van der Waals surface area (Å²) in [6, 6.07) is 12.3. The molecule has 0 fully saturated rings. The van der Waals surface area contributed by atoms with Gasteiger partial charge in [0.25, 0.3) is 0 Å². The van der Waals surface area contributed by atoms with Crippen molar-refractivity contribution in [3.05, 3.63) is 59.7 Å². The Morgan fingerprint density at radius 1 is 0.800 bits per heavy atom. The fourth-order valence-electron chi connectivity index (χ4n) is 2.35. The van der Waals surface area contributed by atoms with Gasteiger partial charge in [0.05, 0.1) is 5.56 Å². The number of nitrogens with one attached hydrogen (secondary N) is 2. The van der Waals surface area contributed by atoms with Crippen LogP contribution in [-0.4, -0.2) is 36.0 Å². The van der Waals surface area contributed by atoms with Crippen LogP contribution in [0.1, 0.15) is 48.4 Å². The number of hydrogen-bond donors (Lipinski definition) is 2. The molecule has 0 bridgehead atoms. The number of ketones is 1. The van der Waals surface area contributed by atoms with Gasteiger partial charge in [-0.05, 0) is 69.3 Å². The van der Waals surface area contributed by atoms with Crippen LogP contribution in [0.25, 0.3) is 0 Å². The van der Waals surface area contributed by atoms with E-state index in [1.54, 1.807) is 45.0 Å². The predicted octanol–water partition coefficient (Wildman–Crippen LogP) is 4.03. The molecule has 0 atom stereocenters. The highest BCUT2D eigenvalue weighted by Crippen LogP contribution is 2.14. The van der Waals surface area contributed by atoms with Gasteiger partial charge in [-0.25, -0.2) is 9.59 Å². The summed E-state index contributed by atoms with van der Waals surface area (Å²) in [6.07, 6.45) is -0.604. The molecule has 158 valence electrons. The van der Waals surface area contributed by atoms with Crippen LogP contribution in [0.15, 0.2) is 48.5 Å². The summed E-state index contributed by atoms with van der Waals surface area (Å²) in [7, 11) is 0. The van der Waals surface area contributed by atoms with Gasteiger partial charge in [0.1, 0.15) is 5.60 Å². The van der Waals surface area contributed by atoms with E-state index in [1.165, 1.54) is 31.2 Å². The zero-order valence-electron chi connectivity index (χ0n) is 17.3. The van der Waals surface area contributed by atoms with E-state index in [9.17, 15) is 19.2 Å². The van der Waals surface area contributed by atoms with Crippen molar-refractivity contribution in [2.24, 2.45) is 0 Å². The molecule has 0 unspecified atom stereocenters. The lowest BCUT2D eigenvalue weighted by atomic mass is 10.1. The van der Waals surface area contributed by atoms with Crippen LogP contribution in [-0.2, 0) is 14.3 Å². The number of anilines is 2. The average Bonchev–Trinajstić information content (AvgIpc) is 2.65. The van der Waals surface area contributed by atoms with E-state index < -0.39 is 24.3 Å². The number of hydrogen-bond acceptors (Lipinski definition) is 6. The number of carbonyl (C=O) groups excluding carboxylic acids is 4. The Labute approximate surface area is 174 Å². The third-order valence-corrected chi connectivity index (χ3v) is 3.63. The molecule has 0 saturated carbocycles. The average molecular weight is 412 g/mol. The molecule has 30 heavy (non-hydrogen) atoms. The van der Waals surface area contributed by atoms with Gasteiger partial charge in [-0.2, -0.15) is 0 Å². The third kappa shape index (κ3) is 7.38. The minimum absolute atomic E-state index is 0.213. The van der Waals surface area contributed by atoms with Gasteiger partial charge in [0.15, 0.2) is 12.4 Å². The molecule has 2 amide bonds. The maximum absolute atomic E-state index is 12.2. The summed E-state index contributed by atoms with van der Waals surface area (Å²) < 4.78 is 10.2. The largest absolute Gasteiger partial charge is 0.454 e. The summed E-state index contributed by atoms with van der Waals surface area (Å²) in [5, 5.41) is 5.16. The number of esters is 1. The zero-order chi connectivity index (χ0) is 22.3. The maximum Gasteiger partial charge on any atom is 0.412 e. The molecule has 0 saturated heterocycles. The van der Waals surface area contributed by atoms with E-state index in [0.29, 0.717) is 16.9 Å². The van der Waals surface area contributed by atoms with Crippen molar-refractivity contribution in [1.29, 1.82) is 0 Å². The van der Waals surface area contributed by atoms with Gasteiger partial charge in [-0.15, -0.1) is 0 Å². The van der Waals surface area contributed by atoms with E-state index >= 15 is 0 Å². The molecule has 8 nitrogen and oxygen atoms in total. The van der Waals surface area contributed by atoms with Gasteiger partial charge in [0.2, 0.25) is 5.91 Å². The second-order valence-corrected chi connectivity index (χ2v) is 7.46. The monoisotopic (exact) mass is 412 g/mol. The van der Waals surface area contributed by atoms with E-state index in [0.717, 1.165) is 0 Å². The first kappa shape index (κ1) is 22.6. The molecule has 0 aliphatic carbocycles. The Balaban J connectivity index is 1.87. The molecule has 2 rings (SSSR count). The normalized spacial score (nSPS) is 10.7. The molecule has 2 aromatic carbocycles. The van der Waals surface area contributed by atoms with E-state index in [4.69, 9.17) is 9.47 Å². The number of benzene rings is 2. The highest BCUT2D eigenvalue weighted by molar-refractivity contribution is 6.00. The Morgan fingerprint density at radius 3 is 1.80 bits per heavy atom. The number of carbonyl (C=O) groups is 4. The highest BCUT2D eigenvalue weighted by Gasteiger charge is 2.17. The summed E-state index contributed by atoms with van der Waals surface area (Å²) in [5.74, 6) is -1.25. The first-order chi connectivity index (χ1) is 14.0. The zero-order valence-corrected chi connectivity index (χ0v) is 17.3. The van der Waals surface area contributed by atoms with Crippen LogP contribution in [0.5, 0.6) is 0 Å². The molecule has 2 N–H and O–H groups in total. The van der Waals surface area contributed by atoms with Crippen molar-refractivity contribution in [2.45, 2.75) is 33.3 Å². The lowest BCUT2D eigenvalue weighted by Gasteiger charge is -2.19. The van der Waals surface area contributed by atoms with Crippen LogP contribution >= 0.6 is 0 Å². The molecule has 0 aromatic heterocycles. The molecule has 8 heteroatoms. The van der Waals surface area contributed by atoms with Gasteiger partial charge in [0, 0.05) is 23.9 Å². The lowest BCUT2D eigenvalue weighted by molar-refractivity contribution is -0.114. The van der Waals surface area contributed by atoms with Crippen molar-refractivity contribution < 1.29 is 28.7 Å². The standard InChI is InChI=1S/C22H24N2O6/c1-14(25)23-17-9-5-15(6-10-17)19(26)13-29-20(27)16-7-11-18(12-8-16)24-21(28)30-22(2,3)4/h5-12H,13H2,1-4H3,(H,23,25)(H,24,28). The lowest BCUT2D eigenvalue weighted by Crippen LogP contribution is -2.27. The van der Waals surface area contributed by atoms with Crippen LogP contribution in [0.2, 0.25) is 0 Å². The number of ether oxygens (including phenoxy) is 2. The Kier molecular flexibility index (Phi) is 7.30. The summed E-state index contributed by atoms with van der Waals surface area (Å²) in [5.41, 5.74) is 0.990. The topological polar surface area (TPSA) is 111 Å². The SMILES string of the molecule is CC(=O)Nc1ccc(C(=O)COC(=O)c2ccc(NC(=O)OC(C)(C)C)cc2)cc1. The molecule has 0 aliphatic heterocycles. The van der Waals surface area contributed by atoms with E-state index in [-0.39, 0.29) is 17.3 Å². The van der Waals surface area contributed by atoms with Crippen LogP contribution in [0, 0.1) is 0 Å². The molecule has 0 radical (unpaired) electrons. The maximum atomic E-state index is 12.2. The summed E-state index contributed by atoms with van der Waals surface area (Å²) >= 11 is 0. The van der Waals surface area contributed by atoms with Crippen molar-refractivity contribution in [2.75, 3.05) is 17.2 Å². The second kappa shape index (κ2) is 9.69. The van der Waals surface area contributed by atoms with Crippen molar-refractivity contribution >= 4 is 35.1 Å². The van der Waals surface area contributed by atoms with Gasteiger partial charge >= 0.3 is 12.1 Å². The molecule has 0 aliphatic rings. The number of Topliss-reactive ketones (excluding diaryl/α,β-unsaturated/α-hetero) is 1. The quantitative estimate of drug-likeness (QED) is 0.547. The van der Waals surface area contributed by atoms with Gasteiger partial charge in [-0.3, -0.25) is 14.9 Å². The fraction of sp³-hybridized carbons (Fsp3) is 0.273. The predicted molar refractivity (Wildman–Crippen MR) is 112 cm³/mol. The summed E-state index contributed by atoms with van der Waals surface area (Å²) in [6.45, 7) is 6.23. The van der Waals surface area contributed by atoms with E-state index in [2.05, 4.69) is 10.6 Å². The highest BCUT2D eigenvalue weighted by atomic mass is 16.6. The Morgan fingerprint density at radius 2 is 1.30 bits per heavy atom. The molecule has 0 spiro atoms. The molecular weight excluding hydrogens is 388 g/mol. The first-order valence-corrected chi connectivity index (χ1v) is 9.21. The molecule has 0 heterocycles. The smallest absolute Gasteiger partial charge is 0.412 e. The van der Waals surface area contributed by atoms with Crippen LogP contribution in [0.3, 0.4) is 0 Å². The molecular formula is C22H24N2O6. The Bertz CT molecular complexity index is 928. The third-order valence-electron chi connectivity index (χ3n) is 3.63. The fourth-order valence-corrected chi connectivity index (χ4v) is 2.35. The van der Waals surface area contributed by atoms with Crippen molar-refractivity contribution in [1.82, 2.24) is 0 Å². The van der Waals surface area contributed by atoms with Crippen molar-refractivity contribution in [3.63, 3.8) is 0 Å². The summed E-state index contributed by atoms with van der Waals surface area (Å²) in [4.78, 5) is 47.1.